The van der Waals surface area contributed by atoms with Crippen LogP contribution in [0.2, 0.25) is 0 Å². The number of amides is 1. The average molecular weight is 436 g/mol. The van der Waals surface area contributed by atoms with E-state index in [2.05, 4.69) is 0 Å². The Kier molecular flexibility index (Phi) is 5.55. The summed E-state index contributed by atoms with van der Waals surface area (Å²) in [6.45, 7) is 0.761. The maximum absolute atomic E-state index is 13.4. The van der Waals surface area contributed by atoms with Crippen LogP contribution in [0.5, 0.6) is 17.2 Å². The fourth-order valence-corrected chi connectivity index (χ4v) is 5.42. The zero-order valence-corrected chi connectivity index (χ0v) is 18.3. The number of likely N-dealkylation sites (tertiary alicyclic amines) is 1. The SMILES string of the molecule is COc1ccc([C@@H]2[C@H]3CCCC[C@@]3(O)CCN2C(=O)/C=C/c2ccc3c(c2)OCO3)cc1. The van der Waals surface area contributed by atoms with Crippen molar-refractivity contribution in [1.29, 1.82) is 0 Å². The fourth-order valence-electron chi connectivity index (χ4n) is 5.42. The molecule has 0 spiro atoms. The summed E-state index contributed by atoms with van der Waals surface area (Å²) in [5, 5.41) is 11.4. The van der Waals surface area contributed by atoms with E-state index in [4.69, 9.17) is 14.2 Å². The molecule has 32 heavy (non-hydrogen) atoms. The molecule has 0 bridgehead atoms. The van der Waals surface area contributed by atoms with Gasteiger partial charge in [0.05, 0.1) is 18.8 Å². The number of hydrogen-bond donors (Lipinski definition) is 1. The molecule has 1 saturated carbocycles. The van der Waals surface area contributed by atoms with Crippen molar-refractivity contribution in [3.05, 3.63) is 59.7 Å². The number of nitrogens with zero attached hydrogens (tertiary/aromatic N) is 1. The number of carbonyl (C=O) groups excluding carboxylic acids is 1. The number of piperidine rings is 1. The second kappa shape index (κ2) is 8.51. The summed E-state index contributed by atoms with van der Waals surface area (Å²) in [7, 11) is 1.65. The first-order chi connectivity index (χ1) is 15.6. The first-order valence-electron chi connectivity index (χ1n) is 11.3. The summed E-state index contributed by atoms with van der Waals surface area (Å²) >= 11 is 0. The predicted octanol–water partition coefficient (Wildman–Crippen LogP) is 4.33. The van der Waals surface area contributed by atoms with Crippen LogP contribution in [0.1, 0.15) is 49.3 Å². The molecule has 2 heterocycles. The lowest BCUT2D eigenvalue weighted by molar-refractivity contribution is -0.150. The summed E-state index contributed by atoms with van der Waals surface area (Å²) in [6.07, 6.45) is 7.91. The Morgan fingerprint density at radius 1 is 1.12 bits per heavy atom. The smallest absolute Gasteiger partial charge is 0.247 e. The largest absolute Gasteiger partial charge is 0.497 e. The Morgan fingerprint density at radius 3 is 2.75 bits per heavy atom. The van der Waals surface area contributed by atoms with Gasteiger partial charge in [-0.1, -0.05) is 31.0 Å². The molecular weight excluding hydrogens is 406 g/mol. The summed E-state index contributed by atoms with van der Waals surface area (Å²) in [5.41, 5.74) is 1.22. The van der Waals surface area contributed by atoms with Gasteiger partial charge in [-0.05, 0) is 60.7 Å². The second-order valence-corrected chi connectivity index (χ2v) is 8.90. The molecule has 1 saturated heterocycles. The number of fused-ring (bicyclic) bond motifs is 2. The van der Waals surface area contributed by atoms with Gasteiger partial charge in [0.2, 0.25) is 12.7 Å². The van der Waals surface area contributed by atoms with Crippen molar-refractivity contribution < 1.29 is 24.1 Å². The Bertz CT molecular complexity index is 1020. The third-order valence-corrected chi connectivity index (χ3v) is 7.12. The van der Waals surface area contributed by atoms with Gasteiger partial charge in [0.1, 0.15) is 5.75 Å². The number of aliphatic hydroxyl groups is 1. The lowest BCUT2D eigenvalue weighted by atomic mass is 9.66. The molecule has 168 valence electrons. The third-order valence-electron chi connectivity index (χ3n) is 7.12. The van der Waals surface area contributed by atoms with E-state index in [0.29, 0.717) is 18.7 Å². The Labute approximate surface area is 188 Å². The zero-order chi connectivity index (χ0) is 22.1. The summed E-state index contributed by atoms with van der Waals surface area (Å²) in [5.74, 6) is 2.18. The molecule has 6 heteroatoms. The van der Waals surface area contributed by atoms with E-state index in [1.807, 2.05) is 53.4 Å². The lowest BCUT2D eigenvalue weighted by Gasteiger charge is -2.52. The average Bonchev–Trinajstić information content (AvgIpc) is 3.29. The fraction of sp³-hybridized carbons (Fsp3) is 0.423. The normalized spacial score (nSPS) is 26.8. The first-order valence-corrected chi connectivity index (χ1v) is 11.3. The van der Waals surface area contributed by atoms with E-state index in [-0.39, 0.29) is 24.7 Å². The highest BCUT2D eigenvalue weighted by molar-refractivity contribution is 5.92. The molecule has 1 N–H and O–H groups in total. The van der Waals surface area contributed by atoms with Gasteiger partial charge in [-0.25, -0.2) is 0 Å². The van der Waals surface area contributed by atoms with Crippen LogP contribution in [-0.2, 0) is 4.79 Å². The molecule has 5 rings (SSSR count). The van der Waals surface area contributed by atoms with E-state index in [9.17, 15) is 9.90 Å². The van der Waals surface area contributed by atoms with Gasteiger partial charge in [0.25, 0.3) is 0 Å². The van der Waals surface area contributed by atoms with Gasteiger partial charge in [-0.15, -0.1) is 0 Å². The Morgan fingerprint density at radius 2 is 1.94 bits per heavy atom. The van der Waals surface area contributed by atoms with Crippen LogP contribution in [0.25, 0.3) is 6.08 Å². The van der Waals surface area contributed by atoms with Crippen LogP contribution in [0.15, 0.2) is 48.5 Å². The summed E-state index contributed by atoms with van der Waals surface area (Å²) in [4.78, 5) is 15.3. The van der Waals surface area contributed by atoms with E-state index in [0.717, 1.165) is 48.3 Å². The molecule has 0 aromatic heterocycles. The van der Waals surface area contributed by atoms with Gasteiger partial charge >= 0.3 is 0 Å². The molecule has 1 amide bonds. The van der Waals surface area contributed by atoms with Gasteiger partial charge in [-0.2, -0.15) is 0 Å². The number of benzene rings is 2. The predicted molar refractivity (Wildman–Crippen MR) is 121 cm³/mol. The second-order valence-electron chi connectivity index (χ2n) is 8.90. The number of methoxy groups -OCH3 is 1. The summed E-state index contributed by atoms with van der Waals surface area (Å²) in [6, 6.07) is 13.4. The van der Waals surface area contributed by atoms with Gasteiger partial charge < -0.3 is 24.2 Å². The van der Waals surface area contributed by atoms with Crippen LogP contribution in [0, 0.1) is 5.92 Å². The highest BCUT2D eigenvalue weighted by Crippen LogP contribution is 2.49. The number of carbonyl (C=O) groups is 1. The van der Waals surface area contributed by atoms with Crippen molar-refractivity contribution in [3.63, 3.8) is 0 Å². The standard InChI is InChI=1S/C26H29NO5/c1-30-20-9-7-19(8-10-20)25-21-4-2-3-13-26(21,29)14-15-27(25)24(28)12-6-18-5-11-22-23(16-18)32-17-31-22/h5-12,16,21,25,29H,2-4,13-15,17H2,1H3/b12-6+/t21-,25-,26-/m1/s1. The molecule has 3 aliphatic rings. The van der Waals surface area contributed by atoms with Crippen molar-refractivity contribution in [2.24, 2.45) is 5.92 Å². The van der Waals surface area contributed by atoms with Gasteiger partial charge in [0.15, 0.2) is 11.5 Å². The highest BCUT2D eigenvalue weighted by Gasteiger charge is 2.49. The molecule has 2 fully saturated rings. The molecule has 2 aromatic rings. The van der Waals surface area contributed by atoms with Crippen molar-refractivity contribution in [1.82, 2.24) is 4.90 Å². The molecule has 0 unspecified atom stereocenters. The Hall–Kier alpha value is -2.99. The maximum atomic E-state index is 13.4. The minimum absolute atomic E-state index is 0.0290. The maximum Gasteiger partial charge on any atom is 0.247 e. The van der Waals surface area contributed by atoms with E-state index < -0.39 is 5.60 Å². The van der Waals surface area contributed by atoms with Crippen LogP contribution < -0.4 is 14.2 Å². The summed E-state index contributed by atoms with van der Waals surface area (Å²) < 4.78 is 16.1. The first kappa shape index (κ1) is 20.9. The molecular formula is C26H29NO5. The number of rotatable bonds is 4. The van der Waals surface area contributed by atoms with E-state index in [1.54, 1.807) is 13.2 Å². The lowest BCUT2D eigenvalue weighted by Crippen LogP contribution is -2.56. The van der Waals surface area contributed by atoms with Crippen LogP contribution >= 0.6 is 0 Å². The third kappa shape index (κ3) is 3.84. The highest BCUT2D eigenvalue weighted by atomic mass is 16.7. The molecule has 1 aliphatic carbocycles. The van der Waals surface area contributed by atoms with Crippen molar-refractivity contribution in [3.8, 4) is 17.2 Å². The van der Waals surface area contributed by atoms with Crippen molar-refractivity contribution in [2.45, 2.75) is 43.7 Å². The Balaban J connectivity index is 1.43. The quantitative estimate of drug-likeness (QED) is 0.724. The number of hydrogen-bond acceptors (Lipinski definition) is 5. The topological polar surface area (TPSA) is 68.2 Å². The molecule has 6 nitrogen and oxygen atoms in total. The zero-order valence-electron chi connectivity index (χ0n) is 18.3. The minimum atomic E-state index is -0.708. The minimum Gasteiger partial charge on any atom is -0.497 e. The number of ether oxygens (including phenoxy) is 3. The molecule has 0 radical (unpaired) electrons. The molecule has 3 atom stereocenters. The van der Waals surface area contributed by atoms with Crippen LogP contribution in [0.4, 0.5) is 0 Å². The van der Waals surface area contributed by atoms with Crippen molar-refractivity contribution in [2.75, 3.05) is 20.4 Å². The van der Waals surface area contributed by atoms with Crippen molar-refractivity contribution >= 4 is 12.0 Å². The van der Waals surface area contributed by atoms with Gasteiger partial charge in [-0.3, -0.25) is 4.79 Å². The van der Waals surface area contributed by atoms with E-state index in [1.165, 1.54) is 0 Å². The van der Waals surface area contributed by atoms with Crippen LogP contribution in [0.3, 0.4) is 0 Å². The van der Waals surface area contributed by atoms with Gasteiger partial charge in [0, 0.05) is 18.5 Å². The monoisotopic (exact) mass is 435 g/mol. The molecule has 2 aromatic carbocycles. The van der Waals surface area contributed by atoms with Crippen LogP contribution in [-0.4, -0.2) is 42.0 Å². The van der Waals surface area contributed by atoms with E-state index >= 15 is 0 Å². The molecule has 2 aliphatic heterocycles.